The van der Waals surface area contributed by atoms with Crippen molar-refractivity contribution < 1.29 is 4.92 Å². The van der Waals surface area contributed by atoms with Crippen molar-refractivity contribution in [3.63, 3.8) is 0 Å². The van der Waals surface area contributed by atoms with Crippen molar-refractivity contribution >= 4 is 28.5 Å². The van der Waals surface area contributed by atoms with Gasteiger partial charge in [0.1, 0.15) is 16.2 Å². The Labute approximate surface area is 170 Å². The van der Waals surface area contributed by atoms with Crippen LogP contribution in [0, 0.1) is 16.0 Å². The fourth-order valence-corrected chi connectivity index (χ4v) is 3.89. The minimum atomic E-state index is -0.447. The zero-order valence-corrected chi connectivity index (χ0v) is 17.4. The average molecular weight is 415 g/mol. The topological polar surface area (TPSA) is 113 Å². The number of non-ortho nitro benzene ring substituents is 1. The molecule has 0 saturated carbocycles. The molecule has 3 rings (SSSR count). The predicted octanol–water partition coefficient (Wildman–Crippen LogP) is 2.43. The van der Waals surface area contributed by atoms with Crippen molar-refractivity contribution in [3.8, 4) is 0 Å². The van der Waals surface area contributed by atoms with Gasteiger partial charge in [0.15, 0.2) is 5.65 Å². The first-order valence-electron chi connectivity index (χ1n) is 9.01. The molecule has 29 heavy (non-hydrogen) atoms. The number of nitro groups is 1. The number of nitro benzene ring substituents is 1. The summed E-state index contributed by atoms with van der Waals surface area (Å²) in [6.07, 6.45) is 0.616. The lowest BCUT2D eigenvalue weighted by atomic mass is 10.1. The molecule has 0 fully saturated rings. The van der Waals surface area contributed by atoms with E-state index < -0.39 is 16.2 Å². The van der Waals surface area contributed by atoms with Crippen LogP contribution < -0.4 is 11.2 Å². The average Bonchev–Trinajstić information content (AvgIpc) is 2.68. The summed E-state index contributed by atoms with van der Waals surface area (Å²) < 4.78 is 2.40. The molecule has 0 radical (unpaired) electrons. The number of hydrogen-bond acceptors (Lipinski definition) is 7. The molecule has 0 aliphatic rings. The molecule has 2 aromatic heterocycles. The van der Waals surface area contributed by atoms with Gasteiger partial charge in [-0.1, -0.05) is 26.0 Å². The van der Waals surface area contributed by atoms with Crippen LogP contribution in [0.2, 0.25) is 0 Å². The summed E-state index contributed by atoms with van der Waals surface area (Å²) >= 11 is 1.35. The molecule has 0 aliphatic carbocycles. The lowest BCUT2D eigenvalue weighted by Crippen LogP contribution is -2.37. The van der Waals surface area contributed by atoms with Gasteiger partial charge in [-0.3, -0.25) is 24.0 Å². The van der Waals surface area contributed by atoms with Crippen LogP contribution in [0.25, 0.3) is 11.0 Å². The molecular weight excluding hydrogens is 394 g/mol. The van der Waals surface area contributed by atoms with Gasteiger partial charge in [-0.25, -0.2) is 14.8 Å². The van der Waals surface area contributed by atoms with Gasteiger partial charge in [-0.05, 0) is 11.5 Å². The van der Waals surface area contributed by atoms with E-state index in [0.29, 0.717) is 40.0 Å². The smallest absolute Gasteiger partial charge is 0.280 e. The fraction of sp³-hybridized carbons (Fsp3) is 0.368. The van der Waals surface area contributed by atoms with Crippen LogP contribution in [0.3, 0.4) is 0 Å². The number of aromatic nitrogens is 4. The molecule has 9 nitrogen and oxygen atoms in total. The van der Waals surface area contributed by atoms with Crippen molar-refractivity contribution in [3.05, 3.63) is 66.6 Å². The number of benzene rings is 1. The Morgan fingerprint density at radius 1 is 1.10 bits per heavy atom. The van der Waals surface area contributed by atoms with Gasteiger partial charge in [0.05, 0.1) is 4.92 Å². The van der Waals surface area contributed by atoms with Crippen molar-refractivity contribution in [2.75, 3.05) is 0 Å². The molecule has 0 atom stereocenters. The van der Waals surface area contributed by atoms with Crippen molar-refractivity contribution in [1.82, 2.24) is 19.1 Å². The zero-order chi connectivity index (χ0) is 21.3. The van der Waals surface area contributed by atoms with Gasteiger partial charge in [0.2, 0.25) is 0 Å². The third-order valence-corrected chi connectivity index (χ3v) is 5.47. The number of hydrogen-bond donors (Lipinski definition) is 0. The van der Waals surface area contributed by atoms with Gasteiger partial charge in [0.25, 0.3) is 11.2 Å². The summed E-state index contributed by atoms with van der Waals surface area (Å²) in [5.74, 6) is 1.35. The van der Waals surface area contributed by atoms with Crippen molar-refractivity contribution in [2.24, 2.45) is 20.0 Å². The summed E-state index contributed by atoms with van der Waals surface area (Å²) in [5, 5.41) is 11.6. The molecule has 10 heteroatoms. The number of fused-ring (bicyclic) bond motifs is 1. The van der Waals surface area contributed by atoms with Gasteiger partial charge in [-0.2, -0.15) is 0 Å². The number of thioether (sulfide) groups is 1. The zero-order valence-electron chi connectivity index (χ0n) is 16.6. The second-order valence-electron chi connectivity index (χ2n) is 7.16. The molecule has 3 aromatic rings. The molecule has 0 N–H and O–H groups in total. The number of rotatable bonds is 6. The van der Waals surface area contributed by atoms with Crippen LogP contribution in [0.15, 0.2) is 38.9 Å². The maximum absolute atomic E-state index is 12.8. The van der Waals surface area contributed by atoms with Crippen LogP contribution in [0.4, 0.5) is 5.69 Å². The van der Waals surface area contributed by atoms with E-state index in [1.165, 1.54) is 35.5 Å². The SMILES string of the molecule is CC(C)Cc1nc(SCc2ccc([N+](=O)[O-])cc2)c2c(=O)n(C)c(=O)n(C)c2n1. The Hall–Kier alpha value is -3.01. The summed E-state index contributed by atoms with van der Waals surface area (Å²) in [7, 11) is 3.01. The van der Waals surface area contributed by atoms with E-state index in [4.69, 9.17) is 0 Å². The largest absolute Gasteiger partial charge is 0.332 e. The van der Waals surface area contributed by atoms with E-state index in [1.807, 2.05) is 13.8 Å². The molecule has 0 unspecified atom stereocenters. The highest BCUT2D eigenvalue weighted by Crippen LogP contribution is 2.27. The molecule has 0 bridgehead atoms. The first-order valence-corrected chi connectivity index (χ1v) is 10.0. The predicted molar refractivity (Wildman–Crippen MR) is 111 cm³/mol. The highest BCUT2D eigenvalue weighted by Gasteiger charge is 2.18. The molecule has 152 valence electrons. The van der Waals surface area contributed by atoms with Crippen molar-refractivity contribution in [2.45, 2.75) is 31.0 Å². The van der Waals surface area contributed by atoms with Crippen LogP contribution in [-0.2, 0) is 26.3 Å². The van der Waals surface area contributed by atoms with Gasteiger partial charge in [-0.15, -0.1) is 11.8 Å². The van der Waals surface area contributed by atoms with Crippen LogP contribution in [0.1, 0.15) is 25.2 Å². The monoisotopic (exact) mass is 415 g/mol. The summed E-state index contributed by atoms with van der Waals surface area (Å²) in [6.45, 7) is 4.08. The third-order valence-electron chi connectivity index (χ3n) is 4.43. The summed E-state index contributed by atoms with van der Waals surface area (Å²) in [6, 6.07) is 6.25. The minimum Gasteiger partial charge on any atom is -0.280 e. The first kappa shape index (κ1) is 20.7. The van der Waals surface area contributed by atoms with Crippen LogP contribution in [-0.4, -0.2) is 24.0 Å². The molecular formula is C19H21N5O4S. The number of aryl methyl sites for hydroxylation is 1. The lowest BCUT2D eigenvalue weighted by molar-refractivity contribution is -0.384. The second kappa shape index (κ2) is 8.16. The standard InChI is InChI=1S/C19H21N5O4S/c1-11(2)9-14-20-16-15(18(25)23(4)19(26)22(16)3)17(21-14)29-10-12-5-7-13(8-6-12)24(27)28/h5-8,11H,9-10H2,1-4H3. The Morgan fingerprint density at radius 3 is 2.34 bits per heavy atom. The van der Waals surface area contributed by atoms with E-state index in [9.17, 15) is 19.7 Å². The van der Waals surface area contributed by atoms with E-state index in [-0.39, 0.29) is 5.69 Å². The molecule has 0 saturated heterocycles. The molecule has 0 spiro atoms. The van der Waals surface area contributed by atoms with E-state index in [2.05, 4.69) is 9.97 Å². The summed E-state index contributed by atoms with van der Waals surface area (Å²) in [4.78, 5) is 44.5. The number of nitrogens with zero attached hydrogens (tertiary/aromatic N) is 5. The highest BCUT2D eigenvalue weighted by atomic mass is 32.2. The highest BCUT2D eigenvalue weighted by molar-refractivity contribution is 7.98. The Kier molecular flexibility index (Phi) is 5.83. The maximum Gasteiger partial charge on any atom is 0.332 e. The molecule has 1 aromatic carbocycles. The third kappa shape index (κ3) is 4.21. The fourth-order valence-electron chi connectivity index (χ4n) is 2.90. The van der Waals surface area contributed by atoms with Gasteiger partial charge >= 0.3 is 5.69 Å². The molecule has 0 amide bonds. The molecule has 2 heterocycles. The van der Waals surface area contributed by atoms with Gasteiger partial charge in [0, 0.05) is 38.4 Å². The van der Waals surface area contributed by atoms with Gasteiger partial charge < -0.3 is 0 Å². The lowest BCUT2D eigenvalue weighted by Gasteiger charge is -2.12. The second-order valence-corrected chi connectivity index (χ2v) is 8.12. The van der Waals surface area contributed by atoms with E-state index in [0.717, 1.165) is 10.1 Å². The maximum atomic E-state index is 12.8. The van der Waals surface area contributed by atoms with Crippen molar-refractivity contribution in [1.29, 1.82) is 0 Å². The Bertz CT molecular complexity index is 1200. The molecule has 0 aliphatic heterocycles. The summed E-state index contributed by atoms with van der Waals surface area (Å²) in [5.41, 5.74) is 0.317. The van der Waals surface area contributed by atoms with Crippen LogP contribution >= 0.6 is 11.8 Å². The quantitative estimate of drug-likeness (QED) is 0.263. The first-order chi connectivity index (χ1) is 13.7. The van der Waals surface area contributed by atoms with E-state index in [1.54, 1.807) is 19.2 Å². The Morgan fingerprint density at radius 2 is 1.76 bits per heavy atom. The van der Waals surface area contributed by atoms with E-state index >= 15 is 0 Å². The normalized spacial score (nSPS) is 11.3. The Balaban J connectivity index is 2.08. The van der Waals surface area contributed by atoms with Crippen LogP contribution in [0.5, 0.6) is 0 Å². The minimum absolute atomic E-state index is 0.0225.